The quantitative estimate of drug-likeness (QED) is 0.610. The van der Waals surface area contributed by atoms with Crippen LogP contribution in [0.25, 0.3) is 0 Å². The molecule has 2 heterocycles. The van der Waals surface area contributed by atoms with Crippen molar-refractivity contribution in [3.63, 3.8) is 0 Å². The molecule has 1 aliphatic heterocycles. The van der Waals surface area contributed by atoms with Gasteiger partial charge in [0.05, 0.1) is 25.5 Å². The Morgan fingerprint density at radius 3 is 2.39 bits per heavy atom. The molecule has 2 amide bonds. The van der Waals surface area contributed by atoms with E-state index in [0.29, 0.717) is 19.6 Å². The third kappa shape index (κ3) is 5.97. The van der Waals surface area contributed by atoms with Crippen LogP contribution in [0.3, 0.4) is 0 Å². The largest absolute Gasteiger partial charge is 0.467 e. The summed E-state index contributed by atoms with van der Waals surface area (Å²) in [6.07, 6.45) is 7.66. The van der Waals surface area contributed by atoms with E-state index in [1.807, 2.05) is 42.5 Å². The summed E-state index contributed by atoms with van der Waals surface area (Å²) in [4.78, 5) is 30.2. The molecule has 1 saturated heterocycles. The van der Waals surface area contributed by atoms with Gasteiger partial charge in [-0.25, -0.2) is 0 Å². The molecule has 1 aliphatic carbocycles. The number of hydrogen-bond donors (Lipinski definition) is 0. The molecule has 1 aromatic carbocycles. The van der Waals surface area contributed by atoms with Gasteiger partial charge in [-0.05, 0) is 43.4 Å². The van der Waals surface area contributed by atoms with E-state index in [0.717, 1.165) is 56.5 Å². The van der Waals surface area contributed by atoms with Crippen LogP contribution in [-0.2, 0) is 27.4 Å². The van der Waals surface area contributed by atoms with Gasteiger partial charge in [-0.3, -0.25) is 9.59 Å². The highest BCUT2D eigenvalue weighted by atomic mass is 16.5. The number of hydrogen-bond acceptors (Lipinski definition) is 4. The highest BCUT2D eigenvalue weighted by Gasteiger charge is 2.32. The monoisotopic (exact) mass is 424 g/mol. The molecule has 0 spiro atoms. The van der Waals surface area contributed by atoms with Crippen LogP contribution >= 0.6 is 0 Å². The van der Waals surface area contributed by atoms with Crippen LogP contribution in [0.5, 0.6) is 0 Å². The Morgan fingerprint density at radius 2 is 1.71 bits per heavy atom. The van der Waals surface area contributed by atoms with Crippen LogP contribution in [0.1, 0.15) is 49.8 Å². The predicted octanol–water partition coefficient (Wildman–Crippen LogP) is 4.01. The molecule has 4 rings (SSSR count). The molecule has 31 heavy (non-hydrogen) atoms. The van der Waals surface area contributed by atoms with Gasteiger partial charge in [-0.2, -0.15) is 0 Å². The maximum atomic E-state index is 13.4. The second-order valence-electron chi connectivity index (χ2n) is 8.65. The van der Waals surface area contributed by atoms with E-state index in [1.165, 1.54) is 0 Å². The van der Waals surface area contributed by atoms with Crippen molar-refractivity contribution >= 4 is 11.8 Å². The molecule has 1 atom stereocenters. The summed E-state index contributed by atoms with van der Waals surface area (Å²) in [6.45, 7) is 2.18. The maximum absolute atomic E-state index is 13.4. The van der Waals surface area contributed by atoms with E-state index >= 15 is 0 Å². The third-order valence-electron chi connectivity index (χ3n) is 6.29. The highest BCUT2D eigenvalue weighted by Crippen LogP contribution is 2.27. The normalized spacial score (nSPS) is 18.9. The Hall–Kier alpha value is -2.60. The number of amides is 2. The molecule has 0 radical (unpaired) electrons. The standard InChI is InChI=1S/C25H32N2O4/c28-24(26(17-22-12-6-14-30-22)16-20-8-2-1-3-9-20)19-27(18-23-13-7-15-31-23)25(29)21-10-4-5-11-21/h1-3,6,8-9,12,14,21,23H,4-5,7,10-11,13,15-19H2/t23-/m0/s1. The first kappa shape index (κ1) is 21.6. The zero-order chi connectivity index (χ0) is 21.5. The molecule has 6 nitrogen and oxygen atoms in total. The average molecular weight is 425 g/mol. The van der Waals surface area contributed by atoms with Gasteiger partial charge in [0.1, 0.15) is 5.76 Å². The van der Waals surface area contributed by atoms with Crippen LogP contribution in [-0.4, -0.2) is 47.4 Å². The highest BCUT2D eigenvalue weighted by molar-refractivity contribution is 5.86. The summed E-state index contributed by atoms with van der Waals surface area (Å²) in [6, 6.07) is 13.6. The van der Waals surface area contributed by atoms with E-state index < -0.39 is 0 Å². The first-order valence-electron chi connectivity index (χ1n) is 11.4. The molecular weight excluding hydrogens is 392 g/mol. The fraction of sp³-hybridized carbons (Fsp3) is 0.520. The van der Waals surface area contributed by atoms with Crippen LogP contribution in [0.2, 0.25) is 0 Å². The van der Waals surface area contributed by atoms with E-state index in [9.17, 15) is 9.59 Å². The minimum atomic E-state index is -0.0652. The number of carbonyl (C=O) groups is 2. The molecule has 6 heteroatoms. The third-order valence-corrected chi connectivity index (χ3v) is 6.29. The van der Waals surface area contributed by atoms with Crippen molar-refractivity contribution in [1.82, 2.24) is 9.80 Å². The summed E-state index contributed by atoms with van der Waals surface area (Å²) >= 11 is 0. The minimum Gasteiger partial charge on any atom is -0.467 e. The zero-order valence-corrected chi connectivity index (χ0v) is 18.1. The second-order valence-corrected chi connectivity index (χ2v) is 8.65. The van der Waals surface area contributed by atoms with E-state index in [2.05, 4.69) is 0 Å². The zero-order valence-electron chi connectivity index (χ0n) is 18.1. The summed E-state index contributed by atoms with van der Waals surface area (Å²) in [5, 5.41) is 0. The predicted molar refractivity (Wildman–Crippen MR) is 117 cm³/mol. The first-order chi connectivity index (χ1) is 15.2. The molecule has 1 aromatic heterocycles. The lowest BCUT2D eigenvalue weighted by molar-refractivity contribution is -0.145. The van der Waals surface area contributed by atoms with Gasteiger partial charge in [0, 0.05) is 25.6 Å². The second kappa shape index (κ2) is 10.6. The Labute approximate surface area is 184 Å². The van der Waals surface area contributed by atoms with Crippen molar-refractivity contribution in [2.24, 2.45) is 5.92 Å². The number of furan rings is 1. The lowest BCUT2D eigenvalue weighted by Crippen LogP contribution is -2.47. The molecule has 0 N–H and O–H groups in total. The van der Waals surface area contributed by atoms with Crippen molar-refractivity contribution in [2.75, 3.05) is 19.7 Å². The molecule has 2 fully saturated rings. The van der Waals surface area contributed by atoms with Gasteiger partial charge in [-0.15, -0.1) is 0 Å². The van der Waals surface area contributed by atoms with Crippen molar-refractivity contribution in [3.05, 3.63) is 60.1 Å². The molecule has 2 aromatic rings. The maximum Gasteiger partial charge on any atom is 0.242 e. The van der Waals surface area contributed by atoms with Gasteiger partial charge in [0.15, 0.2) is 0 Å². The average Bonchev–Trinajstić information content (AvgIpc) is 3.56. The summed E-state index contributed by atoms with van der Waals surface area (Å²) in [5.41, 5.74) is 1.05. The Kier molecular flexibility index (Phi) is 7.41. The first-order valence-corrected chi connectivity index (χ1v) is 11.4. The number of benzene rings is 1. The topological polar surface area (TPSA) is 63.0 Å². The van der Waals surface area contributed by atoms with E-state index in [1.54, 1.807) is 16.1 Å². The summed E-state index contributed by atoms with van der Waals surface area (Å²) in [5.74, 6) is 0.822. The van der Waals surface area contributed by atoms with Gasteiger partial charge >= 0.3 is 0 Å². The van der Waals surface area contributed by atoms with Gasteiger partial charge in [0.2, 0.25) is 11.8 Å². The number of ether oxygens (including phenoxy) is 1. The smallest absolute Gasteiger partial charge is 0.242 e. The van der Waals surface area contributed by atoms with E-state index in [-0.39, 0.29) is 30.4 Å². The number of nitrogens with zero attached hydrogens (tertiary/aromatic N) is 2. The van der Waals surface area contributed by atoms with Gasteiger partial charge < -0.3 is 19.0 Å². The van der Waals surface area contributed by atoms with Gasteiger partial charge in [0.25, 0.3) is 0 Å². The summed E-state index contributed by atoms with van der Waals surface area (Å²) in [7, 11) is 0. The molecular formula is C25H32N2O4. The molecule has 2 aliphatic rings. The lowest BCUT2D eigenvalue weighted by atomic mass is 10.1. The Morgan fingerprint density at radius 1 is 0.903 bits per heavy atom. The molecule has 1 saturated carbocycles. The molecule has 0 unspecified atom stereocenters. The fourth-order valence-electron chi connectivity index (χ4n) is 4.59. The fourth-order valence-corrected chi connectivity index (χ4v) is 4.59. The Bertz CT molecular complexity index is 824. The molecule has 166 valence electrons. The lowest BCUT2D eigenvalue weighted by Gasteiger charge is -2.30. The minimum absolute atomic E-state index is 0.0331. The van der Waals surface area contributed by atoms with Crippen molar-refractivity contribution in [1.29, 1.82) is 0 Å². The van der Waals surface area contributed by atoms with Crippen molar-refractivity contribution in [3.8, 4) is 0 Å². The van der Waals surface area contributed by atoms with Crippen molar-refractivity contribution in [2.45, 2.75) is 57.7 Å². The van der Waals surface area contributed by atoms with Crippen LogP contribution < -0.4 is 0 Å². The van der Waals surface area contributed by atoms with Crippen molar-refractivity contribution < 1.29 is 18.7 Å². The van der Waals surface area contributed by atoms with Crippen LogP contribution in [0.15, 0.2) is 53.1 Å². The Balaban J connectivity index is 1.48. The summed E-state index contributed by atoms with van der Waals surface area (Å²) < 4.78 is 11.3. The molecule has 0 bridgehead atoms. The number of rotatable bonds is 9. The number of carbonyl (C=O) groups excluding carboxylic acids is 2. The van der Waals surface area contributed by atoms with Crippen LogP contribution in [0.4, 0.5) is 0 Å². The van der Waals surface area contributed by atoms with Crippen LogP contribution in [0, 0.1) is 5.92 Å². The SMILES string of the molecule is O=C(CN(C[C@@H]1CCCO1)C(=O)C1CCCC1)N(Cc1ccccc1)Cc1ccco1. The van der Waals surface area contributed by atoms with Gasteiger partial charge in [-0.1, -0.05) is 43.2 Å². The van der Waals surface area contributed by atoms with E-state index in [4.69, 9.17) is 9.15 Å².